The fourth-order valence-electron chi connectivity index (χ4n) is 5.38. The second-order valence-electron chi connectivity index (χ2n) is 10.6. The molecule has 0 aliphatic carbocycles. The zero-order valence-electron chi connectivity index (χ0n) is 22.1. The third-order valence-electron chi connectivity index (χ3n) is 7.64. The highest BCUT2D eigenvalue weighted by Crippen LogP contribution is 2.36. The number of hydrogen-bond donors (Lipinski definition) is 2. The van der Waals surface area contributed by atoms with Gasteiger partial charge in [0.25, 0.3) is 5.91 Å². The van der Waals surface area contributed by atoms with Crippen molar-refractivity contribution in [1.82, 2.24) is 15.1 Å². The van der Waals surface area contributed by atoms with Crippen molar-refractivity contribution >= 4 is 34.8 Å². The van der Waals surface area contributed by atoms with Crippen LogP contribution in [0.2, 0.25) is 10.0 Å². The zero-order chi connectivity index (χ0) is 27.2. The van der Waals surface area contributed by atoms with E-state index in [1.165, 1.54) is 11.1 Å². The molecule has 3 aromatic rings. The molecule has 0 unspecified atom stereocenters. The van der Waals surface area contributed by atoms with Gasteiger partial charge in [0, 0.05) is 56.6 Å². The van der Waals surface area contributed by atoms with Gasteiger partial charge in [-0.05, 0) is 61.1 Å². The van der Waals surface area contributed by atoms with Gasteiger partial charge >= 0.3 is 0 Å². The molecule has 0 bridgehead atoms. The molecule has 206 valence electrons. The Morgan fingerprint density at radius 3 is 1.95 bits per heavy atom. The molecule has 5 rings (SSSR count). The number of nitrogens with one attached hydrogen (secondary N) is 1. The summed E-state index contributed by atoms with van der Waals surface area (Å²) in [5, 5.41) is 3.91. The van der Waals surface area contributed by atoms with Crippen LogP contribution in [0.3, 0.4) is 0 Å². The molecule has 1 amide bonds. The standard InChI is InChI=1S/C31H36Cl2N4O2/c32-28-18-24(31(38)35-26-10-14-36(15-11-26)20-22-4-2-1-3-5-22)19-29(33)30(28)39-27-12-16-37(17-13-27)21-23-6-8-25(34)9-7-23/h1-9,18-19,26-27H,10-17,20-21,34H2,(H,35,38). The summed E-state index contributed by atoms with van der Waals surface area (Å²) in [7, 11) is 0. The number of nitrogens with zero attached hydrogens (tertiary/aromatic N) is 2. The van der Waals surface area contributed by atoms with Gasteiger partial charge in [-0.2, -0.15) is 0 Å². The minimum atomic E-state index is -0.150. The summed E-state index contributed by atoms with van der Waals surface area (Å²) in [5.41, 5.74) is 9.60. The van der Waals surface area contributed by atoms with Crippen LogP contribution in [-0.4, -0.2) is 54.0 Å². The van der Waals surface area contributed by atoms with Gasteiger partial charge in [-0.1, -0.05) is 65.7 Å². The molecule has 2 saturated heterocycles. The molecule has 0 saturated carbocycles. The number of carbonyl (C=O) groups is 1. The molecule has 2 aliphatic rings. The second kappa shape index (κ2) is 13.1. The summed E-state index contributed by atoms with van der Waals surface area (Å²) >= 11 is 13.1. The first kappa shape index (κ1) is 27.8. The molecular weight excluding hydrogens is 531 g/mol. The van der Waals surface area contributed by atoms with Crippen LogP contribution in [0.25, 0.3) is 0 Å². The molecule has 0 spiro atoms. The van der Waals surface area contributed by atoms with E-state index in [-0.39, 0.29) is 18.1 Å². The van der Waals surface area contributed by atoms with Crippen LogP contribution < -0.4 is 15.8 Å². The number of amides is 1. The fraction of sp³-hybridized carbons (Fsp3) is 0.387. The van der Waals surface area contributed by atoms with Crippen molar-refractivity contribution in [2.24, 2.45) is 0 Å². The van der Waals surface area contributed by atoms with Crippen LogP contribution in [0.5, 0.6) is 5.75 Å². The van der Waals surface area contributed by atoms with Gasteiger partial charge in [-0.15, -0.1) is 0 Å². The SMILES string of the molecule is Nc1ccc(CN2CCC(Oc3c(Cl)cc(C(=O)NC4CCN(Cc5ccccc5)CC4)cc3Cl)CC2)cc1. The monoisotopic (exact) mass is 566 g/mol. The maximum absolute atomic E-state index is 13.0. The summed E-state index contributed by atoms with van der Waals surface area (Å²) in [5.74, 6) is 0.309. The van der Waals surface area contributed by atoms with Gasteiger partial charge in [0.15, 0.2) is 5.75 Å². The fourth-order valence-corrected chi connectivity index (χ4v) is 5.96. The minimum absolute atomic E-state index is 0.0309. The summed E-state index contributed by atoms with van der Waals surface area (Å²) < 4.78 is 6.23. The first-order chi connectivity index (χ1) is 18.9. The number of piperidine rings is 2. The van der Waals surface area contributed by atoms with Crippen molar-refractivity contribution in [2.45, 2.75) is 50.9 Å². The highest BCUT2D eigenvalue weighted by molar-refractivity contribution is 6.37. The predicted molar refractivity (Wildman–Crippen MR) is 158 cm³/mol. The van der Waals surface area contributed by atoms with E-state index >= 15 is 0 Å². The Hall–Kier alpha value is -2.77. The van der Waals surface area contributed by atoms with Crippen LogP contribution in [0.1, 0.15) is 47.2 Å². The Kier molecular flexibility index (Phi) is 9.30. The van der Waals surface area contributed by atoms with Crippen LogP contribution in [0.15, 0.2) is 66.7 Å². The third kappa shape index (κ3) is 7.67. The molecule has 2 fully saturated rings. The van der Waals surface area contributed by atoms with Gasteiger partial charge in [-0.3, -0.25) is 14.6 Å². The molecule has 3 aromatic carbocycles. The lowest BCUT2D eigenvalue weighted by Gasteiger charge is -2.33. The molecule has 8 heteroatoms. The van der Waals surface area contributed by atoms with Gasteiger partial charge in [0.05, 0.1) is 10.0 Å². The lowest BCUT2D eigenvalue weighted by Crippen LogP contribution is -2.44. The van der Waals surface area contributed by atoms with E-state index in [0.717, 1.165) is 70.6 Å². The summed E-state index contributed by atoms with van der Waals surface area (Å²) in [6, 6.07) is 22.0. The highest BCUT2D eigenvalue weighted by atomic mass is 35.5. The molecule has 0 atom stereocenters. The first-order valence-electron chi connectivity index (χ1n) is 13.7. The molecule has 39 heavy (non-hydrogen) atoms. The molecule has 2 aliphatic heterocycles. The number of anilines is 1. The predicted octanol–water partition coefficient (Wildman–Crippen LogP) is 6.01. The number of nitrogen functional groups attached to an aromatic ring is 1. The lowest BCUT2D eigenvalue weighted by molar-refractivity contribution is 0.0908. The third-order valence-corrected chi connectivity index (χ3v) is 8.20. The molecular formula is C31H36Cl2N4O2. The number of hydrogen-bond acceptors (Lipinski definition) is 5. The normalized spacial score (nSPS) is 17.7. The quantitative estimate of drug-likeness (QED) is 0.326. The van der Waals surface area contributed by atoms with E-state index in [4.69, 9.17) is 33.7 Å². The van der Waals surface area contributed by atoms with Crippen molar-refractivity contribution in [3.05, 3.63) is 93.5 Å². The number of benzene rings is 3. The smallest absolute Gasteiger partial charge is 0.251 e. The highest BCUT2D eigenvalue weighted by Gasteiger charge is 2.25. The Labute approximate surface area is 241 Å². The summed E-state index contributed by atoms with van der Waals surface area (Å²) in [4.78, 5) is 17.8. The average molecular weight is 568 g/mol. The van der Waals surface area contributed by atoms with Crippen LogP contribution in [-0.2, 0) is 13.1 Å². The van der Waals surface area contributed by atoms with Crippen LogP contribution in [0, 0.1) is 0 Å². The van der Waals surface area contributed by atoms with E-state index in [1.54, 1.807) is 12.1 Å². The summed E-state index contributed by atoms with van der Waals surface area (Å²) in [6.07, 6.45) is 3.62. The molecule has 6 nitrogen and oxygen atoms in total. The Morgan fingerprint density at radius 1 is 0.821 bits per heavy atom. The number of nitrogens with two attached hydrogens (primary N) is 1. The number of halogens is 2. The Balaban J connectivity index is 1.09. The molecule has 0 radical (unpaired) electrons. The maximum atomic E-state index is 13.0. The van der Waals surface area contributed by atoms with Crippen molar-refractivity contribution in [3.8, 4) is 5.75 Å². The second-order valence-corrected chi connectivity index (χ2v) is 11.4. The van der Waals surface area contributed by atoms with Crippen molar-refractivity contribution in [3.63, 3.8) is 0 Å². The van der Waals surface area contributed by atoms with Crippen LogP contribution >= 0.6 is 23.2 Å². The number of ether oxygens (including phenoxy) is 1. The topological polar surface area (TPSA) is 70.8 Å². The van der Waals surface area contributed by atoms with E-state index in [1.807, 2.05) is 18.2 Å². The van der Waals surface area contributed by atoms with Gasteiger partial charge < -0.3 is 15.8 Å². The first-order valence-corrected chi connectivity index (χ1v) is 14.5. The maximum Gasteiger partial charge on any atom is 0.251 e. The van der Waals surface area contributed by atoms with Crippen molar-refractivity contribution < 1.29 is 9.53 Å². The van der Waals surface area contributed by atoms with E-state index in [9.17, 15) is 4.79 Å². The Morgan fingerprint density at radius 2 is 1.36 bits per heavy atom. The Bertz CT molecular complexity index is 1220. The van der Waals surface area contributed by atoms with E-state index in [2.05, 4.69) is 51.5 Å². The zero-order valence-corrected chi connectivity index (χ0v) is 23.6. The molecule has 3 N–H and O–H groups in total. The molecule has 0 aromatic heterocycles. The largest absolute Gasteiger partial charge is 0.487 e. The van der Waals surface area contributed by atoms with Gasteiger partial charge in [-0.25, -0.2) is 0 Å². The number of rotatable bonds is 8. The van der Waals surface area contributed by atoms with E-state index in [0.29, 0.717) is 21.4 Å². The van der Waals surface area contributed by atoms with Crippen molar-refractivity contribution in [1.29, 1.82) is 0 Å². The van der Waals surface area contributed by atoms with Gasteiger partial charge in [0.2, 0.25) is 0 Å². The van der Waals surface area contributed by atoms with Crippen molar-refractivity contribution in [2.75, 3.05) is 31.9 Å². The molecule has 2 heterocycles. The van der Waals surface area contributed by atoms with E-state index < -0.39 is 0 Å². The average Bonchev–Trinajstić information content (AvgIpc) is 2.94. The van der Waals surface area contributed by atoms with Gasteiger partial charge in [0.1, 0.15) is 6.10 Å². The minimum Gasteiger partial charge on any atom is -0.487 e. The summed E-state index contributed by atoms with van der Waals surface area (Å²) in [6.45, 7) is 5.59. The number of likely N-dealkylation sites (tertiary alicyclic amines) is 2. The lowest BCUT2D eigenvalue weighted by atomic mass is 10.0. The van der Waals surface area contributed by atoms with Crippen LogP contribution in [0.4, 0.5) is 5.69 Å². The number of carbonyl (C=O) groups excluding carboxylic acids is 1.